The number of nitrogens with one attached hydrogen (secondary N) is 1. The molecule has 3 aromatic carbocycles. The number of thioether (sulfide) groups is 1. The van der Waals surface area contributed by atoms with Gasteiger partial charge in [-0.1, -0.05) is 31.2 Å². The van der Waals surface area contributed by atoms with Crippen molar-refractivity contribution in [3.05, 3.63) is 72.3 Å². The third kappa shape index (κ3) is 4.60. The zero-order chi connectivity index (χ0) is 20.2. The molecule has 6 heteroatoms. The van der Waals surface area contributed by atoms with Crippen LogP contribution in [0.4, 0.5) is 5.69 Å². The minimum atomic E-state index is -0.0955. The molecule has 0 saturated heterocycles. The summed E-state index contributed by atoms with van der Waals surface area (Å²) in [6, 6.07) is 21.0. The fourth-order valence-corrected chi connectivity index (χ4v) is 4.69. The van der Waals surface area contributed by atoms with Crippen molar-refractivity contribution < 1.29 is 9.90 Å². The van der Waals surface area contributed by atoms with Crippen molar-refractivity contribution in [3.8, 4) is 16.3 Å². The molecule has 29 heavy (non-hydrogen) atoms. The smallest absolute Gasteiger partial charge is 0.228 e. The van der Waals surface area contributed by atoms with Crippen LogP contribution in [0.5, 0.6) is 5.75 Å². The maximum Gasteiger partial charge on any atom is 0.228 e. The van der Waals surface area contributed by atoms with E-state index in [4.69, 9.17) is 0 Å². The van der Waals surface area contributed by atoms with E-state index in [9.17, 15) is 9.90 Å². The average Bonchev–Trinajstić information content (AvgIpc) is 3.15. The lowest BCUT2D eigenvalue weighted by molar-refractivity contribution is -0.115. The number of hydrogen-bond donors (Lipinski definition) is 2. The Bertz CT molecular complexity index is 1120. The van der Waals surface area contributed by atoms with Crippen molar-refractivity contribution in [2.75, 3.05) is 11.1 Å². The number of carbonyl (C=O) groups excluding carboxylic acids is 1. The number of hydrogen-bond acceptors (Lipinski definition) is 5. The fraction of sp³-hybridized carbons (Fsp3) is 0.130. The largest absolute Gasteiger partial charge is 0.507 e. The van der Waals surface area contributed by atoms with Crippen molar-refractivity contribution in [1.82, 2.24) is 4.98 Å². The number of amides is 1. The maximum atomic E-state index is 12.5. The van der Waals surface area contributed by atoms with Crippen LogP contribution in [0.25, 0.3) is 20.8 Å². The van der Waals surface area contributed by atoms with Gasteiger partial charge in [-0.15, -0.1) is 23.1 Å². The zero-order valence-electron chi connectivity index (χ0n) is 15.9. The van der Waals surface area contributed by atoms with E-state index in [1.807, 2.05) is 48.5 Å². The number of phenols is 1. The number of thiazole rings is 1. The van der Waals surface area contributed by atoms with Crippen LogP contribution < -0.4 is 5.32 Å². The SMILES string of the molecule is CCSc1ccc(CC(=O)Nc2ccc(O)c(-c3nc4ccccc4s3)c2)cc1. The number of aromatic nitrogens is 1. The summed E-state index contributed by atoms with van der Waals surface area (Å²) in [4.78, 5) is 18.3. The van der Waals surface area contributed by atoms with Gasteiger partial charge in [0.2, 0.25) is 5.91 Å². The second-order valence-electron chi connectivity index (χ2n) is 6.52. The van der Waals surface area contributed by atoms with Gasteiger partial charge in [0.1, 0.15) is 10.8 Å². The lowest BCUT2D eigenvalue weighted by Gasteiger charge is -2.08. The van der Waals surface area contributed by atoms with Gasteiger partial charge >= 0.3 is 0 Å². The van der Waals surface area contributed by atoms with E-state index in [-0.39, 0.29) is 11.7 Å². The first kappa shape index (κ1) is 19.5. The molecule has 0 aliphatic carbocycles. The van der Waals surface area contributed by atoms with Crippen LogP contribution in [0.1, 0.15) is 12.5 Å². The molecule has 1 heterocycles. The van der Waals surface area contributed by atoms with Crippen LogP contribution in [0, 0.1) is 0 Å². The molecule has 146 valence electrons. The van der Waals surface area contributed by atoms with Gasteiger partial charge < -0.3 is 10.4 Å². The Balaban J connectivity index is 1.50. The summed E-state index contributed by atoms with van der Waals surface area (Å²) < 4.78 is 1.06. The van der Waals surface area contributed by atoms with Gasteiger partial charge in [-0.05, 0) is 53.8 Å². The molecule has 4 nitrogen and oxygen atoms in total. The predicted molar refractivity (Wildman–Crippen MR) is 122 cm³/mol. The highest BCUT2D eigenvalue weighted by Crippen LogP contribution is 2.36. The van der Waals surface area contributed by atoms with E-state index >= 15 is 0 Å². The highest BCUT2D eigenvalue weighted by Gasteiger charge is 2.12. The van der Waals surface area contributed by atoms with Crippen molar-refractivity contribution >= 4 is 44.9 Å². The van der Waals surface area contributed by atoms with Gasteiger partial charge in [0.25, 0.3) is 0 Å². The number of benzene rings is 3. The van der Waals surface area contributed by atoms with Gasteiger partial charge in [-0.3, -0.25) is 4.79 Å². The summed E-state index contributed by atoms with van der Waals surface area (Å²) in [6.07, 6.45) is 0.300. The van der Waals surface area contributed by atoms with E-state index in [1.54, 1.807) is 30.0 Å². The van der Waals surface area contributed by atoms with Crippen molar-refractivity contribution in [2.45, 2.75) is 18.2 Å². The Kier molecular flexibility index (Phi) is 5.83. The minimum absolute atomic E-state index is 0.0955. The van der Waals surface area contributed by atoms with Gasteiger partial charge in [0, 0.05) is 10.6 Å². The molecule has 4 aromatic rings. The molecule has 4 rings (SSSR count). The Morgan fingerprint density at radius 3 is 2.66 bits per heavy atom. The van der Waals surface area contributed by atoms with E-state index in [0.29, 0.717) is 17.7 Å². The molecule has 1 aromatic heterocycles. The molecule has 0 atom stereocenters. The number of phenolic OH excluding ortho intramolecular Hbond substituents is 1. The fourth-order valence-electron chi connectivity index (χ4n) is 3.03. The molecule has 0 aliphatic heterocycles. The molecule has 0 fully saturated rings. The minimum Gasteiger partial charge on any atom is -0.507 e. The summed E-state index contributed by atoms with van der Waals surface area (Å²) in [5.74, 6) is 1.07. The third-order valence-corrected chi connectivity index (χ3v) is 6.37. The Morgan fingerprint density at radius 1 is 1.10 bits per heavy atom. The summed E-state index contributed by atoms with van der Waals surface area (Å²) in [5, 5.41) is 14.0. The molecule has 0 saturated carbocycles. The number of rotatable bonds is 6. The second-order valence-corrected chi connectivity index (χ2v) is 8.89. The number of para-hydroxylation sites is 1. The molecule has 0 bridgehead atoms. The number of anilines is 1. The van der Waals surface area contributed by atoms with Crippen LogP contribution in [-0.4, -0.2) is 21.8 Å². The molecule has 0 radical (unpaired) electrons. The molecule has 0 unspecified atom stereocenters. The van der Waals surface area contributed by atoms with Crippen LogP contribution in [0.3, 0.4) is 0 Å². The van der Waals surface area contributed by atoms with Crippen LogP contribution in [0.2, 0.25) is 0 Å². The van der Waals surface area contributed by atoms with E-state index in [1.165, 1.54) is 16.2 Å². The average molecular weight is 421 g/mol. The van der Waals surface area contributed by atoms with Crippen molar-refractivity contribution in [2.24, 2.45) is 0 Å². The molecular weight excluding hydrogens is 400 g/mol. The standard InChI is InChI=1S/C23H20N2O2S2/c1-2-28-17-10-7-15(8-11-17)13-22(27)24-16-9-12-20(26)18(14-16)23-25-19-5-3-4-6-21(19)29-23/h3-12,14,26H,2,13H2,1H3,(H,24,27). The second kappa shape index (κ2) is 8.68. The van der Waals surface area contributed by atoms with Crippen molar-refractivity contribution in [3.63, 3.8) is 0 Å². The van der Waals surface area contributed by atoms with Gasteiger partial charge in [0.15, 0.2) is 0 Å². The molecule has 1 amide bonds. The quantitative estimate of drug-likeness (QED) is 0.298. The first-order valence-corrected chi connectivity index (χ1v) is 11.1. The summed E-state index contributed by atoms with van der Waals surface area (Å²) in [6.45, 7) is 2.12. The molecule has 0 spiro atoms. The van der Waals surface area contributed by atoms with E-state index < -0.39 is 0 Å². The summed E-state index contributed by atoms with van der Waals surface area (Å²) >= 11 is 3.29. The van der Waals surface area contributed by atoms with Crippen LogP contribution in [0.15, 0.2) is 71.6 Å². The summed E-state index contributed by atoms with van der Waals surface area (Å²) in [7, 11) is 0. The number of fused-ring (bicyclic) bond motifs is 1. The molecule has 2 N–H and O–H groups in total. The lowest BCUT2D eigenvalue weighted by Crippen LogP contribution is -2.14. The van der Waals surface area contributed by atoms with E-state index in [0.717, 1.165) is 26.5 Å². The van der Waals surface area contributed by atoms with Gasteiger partial charge in [-0.25, -0.2) is 4.98 Å². The first-order chi connectivity index (χ1) is 14.1. The van der Waals surface area contributed by atoms with Gasteiger partial charge in [0.05, 0.1) is 22.2 Å². The Hall–Kier alpha value is -2.83. The van der Waals surface area contributed by atoms with Crippen LogP contribution >= 0.6 is 23.1 Å². The molecular formula is C23H20N2O2S2. The van der Waals surface area contributed by atoms with Crippen LogP contribution in [-0.2, 0) is 11.2 Å². The number of carbonyl (C=O) groups is 1. The summed E-state index contributed by atoms with van der Waals surface area (Å²) in [5.41, 5.74) is 3.12. The predicted octanol–water partition coefficient (Wildman–Crippen LogP) is 5.96. The first-order valence-electron chi connectivity index (χ1n) is 9.33. The van der Waals surface area contributed by atoms with Gasteiger partial charge in [-0.2, -0.15) is 0 Å². The number of nitrogens with zero attached hydrogens (tertiary/aromatic N) is 1. The zero-order valence-corrected chi connectivity index (χ0v) is 17.5. The Morgan fingerprint density at radius 2 is 1.90 bits per heavy atom. The normalized spacial score (nSPS) is 10.9. The van der Waals surface area contributed by atoms with Crippen molar-refractivity contribution in [1.29, 1.82) is 0 Å². The number of aromatic hydroxyl groups is 1. The monoisotopic (exact) mass is 420 g/mol. The lowest BCUT2D eigenvalue weighted by atomic mass is 10.1. The van der Waals surface area contributed by atoms with E-state index in [2.05, 4.69) is 17.2 Å². The molecule has 0 aliphatic rings. The highest BCUT2D eigenvalue weighted by molar-refractivity contribution is 7.99. The maximum absolute atomic E-state index is 12.5. The topological polar surface area (TPSA) is 62.2 Å². The highest BCUT2D eigenvalue weighted by atomic mass is 32.2. The third-order valence-electron chi connectivity index (χ3n) is 4.40. The Labute approximate surface area is 177 Å².